The highest BCUT2D eigenvalue weighted by Crippen LogP contribution is 2.24. The lowest BCUT2D eigenvalue weighted by molar-refractivity contribution is -0.115. The van der Waals surface area contributed by atoms with Crippen molar-refractivity contribution in [2.75, 3.05) is 5.32 Å². The Bertz CT molecular complexity index is 734. The molecule has 0 saturated heterocycles. The van der Waals surface area contributed by atoms with E-state index >= 15 is 0 Å². The Morgan fingerprint density at radius 3 is 2.35 bits per heavy atom. The molecular weight excluding hydrogens is 372 g/mol. The molecular formula is C18H17BrN2OS. The van der Waals surface area contributed by atoms with Crippen molar-refractivity contribution < 1.29 is 4.79 Å². The van der Waals surface area contributed by atoms with E-state index in [0.29, 0.717) is 0 Å². The Hall–Kier alpha value is -1.98. The van der Waals surface area contributed by atoms with Crippen LogP contribution in [0.4, 0.5) is 5.69 Å². The van der Waals surface area contributed by atoms with Crippen molar-refractivity contribution in [3.63, 3.8) is 0 Å². The van der Waals surface area contributed by atoms with Crippen LogP contribution in [0, 0.1) is 13.8 Å². The second-order valence-electron chi connectivity index (χ2n) is 5.10. The van der Waals surface area contributed by atoms with Gasteiger partial charge >= 0.3 is 0 Å². The second kappa shape index (κ2) is 8.04. The molecule has 5 heteroatoms. The first-order chi connectivity index (χ1) is 11.0. The van der Waals surface area contributed by atoms with E-state index in [2.05, 4.69) is 26.6 Å². The van der Waals surface area contributed by atoms with Gasteiger partial charge in [0.25, 0.3) is 0 Å². The third-order valence-electron chi connectivity index (χ3n) is 3.20. The van der Waals surface area contributed by atoms with E-state index in [4.69, 9.17) is 12.2 Å². The lowest BCUT2D eigenvalue weighted by atomic mass is 10.1. The summed E-state index contributed by atoms with van der Waals surface area (Å²) in [4.78, 5) is 11.9. The Morgan fingerprint density at radius 1 is 1.13 bits per heavy atom. The highest BCUT2D eigenvalue weighted by atomic mass is 79.9. The summed E-state index contributed by atoms with van der Waals surface area (Å²) < 4.78 is 1.01. The first-order valence-corrected chi connectivity index (χ1v) is 8.27. The van der Waals surface area contributed by atoms with Crippen LogP contribution >= 0.6 is 28.1 Å². The number of thiocarbonyl (C=S) groups is 1. The Balaban J connectivity index is 1.97. The fourth-order valence-corrected chi connectivity index (χ4v) is 3.03. The summed E-state index contributed by atoms with van der Waals surface area (Å²) in [6.45, 7) is 3.97. The average Bonchev–Trinajstić information content (AvgIpc) is 2.50. The van der Waals surface area contributed by atoms with E-state index in [1.165, 1.54) is 6.08 Å². The maximum absolute atomic E-state index is 11.9. The van der Waals surface area contributed by atoms with E-state index in [9.17, 15) is 4.79 Å². The number of carbonyl (C=O) groups excluding carboxylic acids is 1. The molecule has 0 aliphatic heterocycles. The van der Waals surface area contributed by atoms with Crippen LogP contribution in [0.1, 0.15) is 16.7 Å². The molecule has 2 N–H and O–H groups in total. The third kappa shape index (κ3) is 5.30. The minimum Gasteiger partial charge on any atom is -0.332 e. The fourth-order valence-electron chi connectivity index (χ4n) is 2.14. The summed E-state index contributed by atoms with van der Waals surface area (Å²) in [5.41, 5.74) is 3.97. The van der Waals surface area contributed by atoms with Crippen molar-refractivity contribution in [2.24, 2.45) is 0 Å². The summed E-state index contributed by atoms with van der Waals surface area (Å²) >= 11 is 8.66. The molecule has 0 fully saturated rings. The van der Waals surface area contributed by atoms with Gasteiger partial charge in [0, 0.05) is 16.2 Å². The van der Waals surface area contributed by atoms with Crippen LogP contribution in [0.15, 0.2) is 53.0 Å². The van der Waals surface area contributed by atoms with Crippen molar-refractivity contribution >= 4 is 50.9 Å². The van der Waals surface area contributed by atoms with Gasteiger partial charge in [-0.2, -0.15) is 0 Å². The van der Waals surface area contributed by atoms with Crippen LogP contribution in [0.25, 0.3) is 6.08 Å². The number of amides is 1. The molecule has 3 nitrogen and oxygen atoms in total. The molecule has 0 aliphatic carbocycles. The van der Waals surface area contributed by atoms with E-state index in [0.717, 1.165) is 26.9 Å². The molecule has 0 radical (unpaired) electrons. The number of hydrogen-bond donors (Lipinski definition) is 2. The Morgan fingerprint density at radius 2 is 1.74 bits per heavy atom. The molecule has 1 amide bonds. The molecule has 0 spiro atoms. The van der Waals surface area contributed by atoms with Gasteiger partial charge in [0.15, 0.2) is 5.11 Å². The average molecular weight is 389 g/mol. The van der Waals surface area contributed by atoms with Crippen molar-refractivity contribution in [2.45, 2.75) is 13.8 Å². The van der Waals surface area contributed by atoms with E-state index in [1.807, 2.05) is 56.3 Å². The second-order valence-corrected chi connectivity index (χ2v) is 6.43. The summed E-state index contributed by atoms with van der Waals surface area (Å²) in [5.74, 6) is -0.265. The number of benzene rings is 2. The molecule has 2 rings (SSSR count). The smallest absolute Gasteiger partial charge is 0.250 e. The van der Waals surface area contributed by atoms with Gasteiger partial charge in [-0.05, 0) is 61.0 Å². The van der Waals surface area contributed by atoms with Crippen molar-refractivity contribution in [1.29, 1.82) is 0 Å². The van der Waals surface area contributed by atoms with Gasteiger partial charge in [-0.15, -0.1) is 0 Å². The molecule has 0 unspecified atom stereocenters. The van der Waals surface area contributed by atoms with Crippen LogP contribution in [-0.4, -0.2) is 11.0 Å². The van der Waals surface area contributed by atoms with Crippen molar-refractivity contribution in [3.8, 4) is 0 Å². The molecule has 0 saturated carbocycles. The van der Waals surface area contributed by atoms with Crippen LogP contribution in [0.2, 0.25) is 0 Å². The van der Waals surface area contributed by atoms with E-state index < -0.39 is 0 Å². The number of halogens is 1. The molecule has 0 atom stereocenters. The molecule has 0 heterocycles. The zero-order valence-electron chi connectivity index (χ0n) is 12.9. The monoisotopic (exact) mass is 388 g/mol. The SMILES string of the molecule is Cc1cc(Br)cc(C)c1NC(=S)NC(=O)C=Cc1ccccc1. The molecule has 0 aromatic heterocycles. The van der Waals surface area contributed by atoms with E-state index in [1.54, 1.807) is 6.08 Å². The first-order valence-electron chi connectivity index (χ1n) is 7.07. The molecule has 0 bridgehead atoms. The van der Waals surface area contributed by atoms with E-state index in [-0.39, 0.29) is 11.0 Å². The lowest BCUT2D eigenvalue weighted by Gasteiger charge is -2.14. The number of hydrogen-bond acceptors (Lipinski definition) is 2. The normalized spacial score (nSPS) is 10.6. The van der Waals surface area contributed by atoms with Crippen molar-refractivity contribution in [3.05, 3.63) is 69.7 Å². The van der Waals surface area contributed by atoms with Gasteiger partial charge in [-0.25, -0.2) is 0 Å². The molecule has 2 aromatic rings. The van der Waals surface area contributed by atoms with Crippen molar-refractivity contribution in [1.82, 2.24) is 5.32 Å². The van der Waals surface area contributed by atoms with Crippen LogP contribution in [0.5, 0.6) is 0 Å². The first kappa shape index (κ1) is 17.4. The van der Waals surface area contributed by atoms with Crippen LogP contribution in [0.3, 0.4) is 0 Å². The third-order valence-corrected chi connectivity index (χ3v) is 3.86. The fraction of sp³-hybridized carbons (Fsp3) is 0.111. The maximum atomic E-state index is 11.9. The van der Waals surface area contributed by atoms with Gasteiger partial charge < -0.3 is 5.32 Å². The van der Waals surface area contributed by atoms with Gasteiger partial charge in [-0.3, -0.25) is 10.1 Å². The minimum absolute atomic E-state index is 0.265. The van der Waals surface area contributed by atoms with Crippen LogP contribution in [-0.2, 0) is 4.79 Å². The van der Waals surface area contributed by atoms with Gasteiger partial charge in [-0.1, -0.05) is 46.3 Å². The predicted molar refractivity (Wildman–Crippen MR) is 103 cm³/mol. The highest BCUT2D eigenvalue weighted by Gasteiger charge is 2.07. The molecule has 2 aromatic carbocycles. The van der Waals surface area contributed by atoms with Gasteiger partial charge in [0.1, 0.15) is 0 Å². The number of anilines is 1. The maximum Gasteiger partial charge on any atom is 0.250 e. The zero-order valence-corrected chi connectivity index (χ0v) is 15.3. The predicted octanol–water partition coefficient (Wildman–Crippen LogP) is 4.59. The highest BCUT2D eigenvalue weighted by molar-refractivity contribution is 9.10. The Kier molecular flexibility index (Phi) is 6.07. The molecule has 118 valence electrons. The van der Waals surface area contributed by atoms with Gasteiger partial charge in [0.2, 0.25) is 5.91 Å². The Labute approximate surface area is 149 Å². The standard InChI is InChI=1S/C18H17BrN2OS/c1-12-10-15(19)11-13(2)17(12)21-18(23)20-16(22)9-8-14-6-4-3-5-7-14/h3-11H,1-2H3,(H2,20,21,22,23). The summed E-state index contributed by atoms with van der Waals surface area (Å²) in [7, 11) is 0. The summed E-state index contributed by atoms with van der Waals surface area (Å²) in [6.07, 6.45) is 3.21. The topological polar surface area (TPSA) is 41.1 Å². The van der Waals surface area contributed by atoms with Crippen LogP contribution < -0.4 is 10.6 Å². The quantitative estimate of drug-likeness (QED) is 0.596. The number of aryl methyl sites for hydroxylation is 2. The van der Waals surface area contributed by atoms with Gasteiger partial charge in [0.05, 0.1) is 0 Å². The lowest BCUT2D eigenvalue weighted by Crippen LogP contribution is -2.33. The number of carbonyl (C=O) groups is 1. The number of nitrogens with one attached hydrogen (secondary N) is 2. The molecule has 0 aliphatic rings. The summed E-state index contributed by atoms with van der Waals surface area (Å²) in [6, 6.07) is 13.6. The number of rotatable bonds is 3. The summed E-state index contributed by atoms with van der Waals surface area (Å²) in [5, 5.41) is 6.01. The molecule has 23 heavy (non-hydrogen) atoms. The zero-order chi connectivity index (χ0) is 16.8. The minimum atomic E-state index is -0.265. The largest absolute Gasteiger partial charge is 0.332 e.